The van der Waals surface area contributed by atoms with Crippen molar-refractivity contribution >= 4 is 11.0 Å². The molecule has 0 radical (unpaired) electrons. The third-order valence-electron chi connectivity index (χ3n) is 1.79. The molecule has 1 heterocycles. The normalized spacial score (nSPS) is 9.85. The predicted octanol–water partition coefficient (Wildman–Crippen LogP) is 1.71. The summed E-state index contributed by atoms with van der Waals surface area (Å²) in [6, 6.07) is 5.30. The van der Waals surface area contributed by atoms with Crippen molar-refractivity contribution in [3.63, 3.8) is 0 Å². The molecule has 0 saturated carbocycles. The van der Waals surface area contributed by atoms with E-state index in [1.165, 1.54) is 0 Å². The number of hydrogen-bond acceptors (Lipinski definition) is 4. The van der Waals surface area contributed by atoms with Gasteiger partial charge in [-0.15, -0.1) is 0 Å². The molecule has 0 N–H and O–H groups in total. The maximum Gasteiger partial charge on any atom is 0.171 e. The van der Waals surface area contributed by atoms with Crippen LogP contribution in [-0.4, -0.2) is 12.3 Å². The van der Waals surface area contributed by atoms with Crippen LogP contribution in [0, 0.1) is 11.3 Å². The van der Waals surface area contributed by atoms with Crippen molar-refractivity contribution in [1.82, 2.24) is 5.16 Å². The molecule has 0 aliphatic carbocycles. The monoisotopic (exact) mass is 174 g/mol. The topological polar surface area (TPSA) is 59.0 Å². The van der Waals surface area contributed by atoms with Gasteiger partial charge in [0.2, 0.25) is 0 Å². The van der Waals surface area contributed by atoms with Gasteiger partial charge in [-0.25, -0.2) is 0 Å². The highest BCUT2D eigenvalue weighted by atomic mass is 16.5. The Hall–Kier alpha value is -2.02. The average Bonchev–Trinajstić information content (AvgIpc) is 2.63. The van der Waals surface area contributed by atoms with Crippen molar-refractivity contribution in [2.75, 3.05) is 7.11 Å². The van der Waals surface area contributed by atoms with Crippen LogP contribution >= 0.6 is 0 Å². The van der Waals surface area contributed by atoms with Crippen LogP contribution in [0.4, 0.5) is 0 Å². The molecule has 0 bridgehead atoms. The van der Waals surface area contributed by atoms with E-state index in [9.17, 15) is 0 Å². The third kappa shape index (κ3) is 1.11. The summed E-state index contributed by atoms with van der Waals surface area (Å²) >= 11 is 0. The molecule has 1 aromatic heterocycles. The standard InChI is InChI=1S/C9H6N2O2/c1-12-8-2-6(4-10)3-9-7(8)5-11-13-9/h2-3,5H,1H3. The van der Waals surface area contributed by atoms with Crippen molar-refractivity contribution in [2.24, 2.45) is 0 Å². The Morgan fingerprint density at radius 2 is 2.38 bits per heavy atom. The molecule has 4 nitrogen and oxygen atoms in total. The lowest BCUT2D eigenvalue weighted by Crippen LogP contribution is -1.84. The second-order valence-corrected chi connectivity index (χ2v) is 2.53. The quantitative estimate of drug-likeness (QED) is 0.660. The average molecular weight is 174 g/mol. The summed E-state index contributed by atoms with van der Waals surface area (Å²) in [5.41, 5.74) is 1.07. The first-order valence-corrected chi connectivity index (χ1v) is 3.67. The summed E-state index contributed by atoms with van der Waals surface area (Å²) in [5, 5.41) is 13.1. The first-order valence-electron chi connectivity index (χ1n) is 3.67. The van der Waals surface area contributed by atoms with Crippen LogP contribution in [0.15, 0.2) is 22.9 Å². The molecular formula is C9H6N2O2. The van der Waals surface area contributed by atoms with E-state index >= 15 is 0 Å². The van der Waals surface area contributed by atoms with Crippen LogP contribution in [0.25, 0.3) is 11.0 Å². The molecule has 4 heteroatoms. The van der Waals surface area contributed by atoms with Gasteiger partial charge in [0.25, 0.3) is 0 Å². The van der Waals surface area contributed by atoms with Gasteiger partial charge in [-0.1, -0.05) is 5.16 Å². The van der Waals surface area contributed by atoms with Gasteiger partial charge in [-0.05, 0) is 6.07 Å². The van der Waals surface area contributed by atoms with Crippen molar-refractivity contribution in [1.29, 1.82) is 5.26 Å². The Morgan fingerprint density at radius 1 is 1.54 bits per heavy atom. The fourth-order valence-electron chi connectivity index (χ4n) is 1.17. The number of hydrogen-bond donors (Lipinski definition) is 0. The van der Waals surface area contributed by atoms with E-state index in [4.69, 9.17) is 14.5 Å². The van der Waals surface area contributed by atoms with Crippen LogP contribution in [0.1, 0.15) is 5.56 Å². The summed E-state index contributed by atoms with van der Waals surface area (Å²) in [7, 11) is 1.54. The number of benzene rings is 1. The Balaban J connectivity index is 2.79. The summed E-state index contributed by atoms with van der Waals surface area (Å²) < 4.78 is 10.00. The highest BCUT2D eigenvalue weighted by Gasteiger charge is 2.07. The number of fused-ring (bicyclic) bond motifs is 1. The smallest absolute Gasteiger partial charge is 0.171 e. The maximum absolute atomic E-state index is 8.69. The SMILES string of the molecule is COc1cc(C#N)cc2oncc12. The number of nitriles is 1. The van der Waals surface area contributed by atoms with Crippen LogP contribution in [0.5, 0.6) is 5.75 Å². The van der Waals surface area contributed by atoms with Crippen molar-refractivity contribution in [3.05, 3.63) is 23.9 Å². The molecule has 0 fully saturated rings. The second kappa shape index (κ2) is 2.79. The molecular weight excluding hydrogens is 168 g/mol. The summed E-state index contributed by atoms with van der Waals surface area (Å²) in [6.45, 7) is 0. The van der Waals surface area contributed by atoms with Gasteiger partial charge in [-0.3, -0.25) is 0 Å². The lowest BCUT2D eigenvalue weighted by atomic mass is 10.2. The predicted molar refractivity (Wildman–Crippen MR) is 45.3 cm³/mol. The van der Waals surface area contributed by atoms with Gasteiger partial charge in [0.05, 0.1) is 30.3 Å². The van der Waals surface area contributed by atoms with E-state index in [2.05, 4.69) is 5.16 Å². The minimum Gasteiger partial charge on any atom is -0.496 e. The Kier molecular flexibility index (Phi) is 1.64. The van der Waals surface area contributed by atoms with Gasteiger partial charge in [0.15, 0.2) is 5.58 Å². The number of nitrogens with zero attached hydrogens (tertiary/aromatic N) is 2. The van der Waals surface area contributed by atoms with Crippen LogP contribution in [0.3, 0.4) is 0 Å². The first kappa shape index (κ1) is 7.62. The van der Waals surface area contributed by atoms with Crippen LogP contribution in [-0.2, 0) is 0 Å². The number of rotatable bonds is 1. The summed E-state index contributed by atoms with van der Waals surface area (Å²) in [6.07, 6.45) is 1.56. The summed E-state index contributed by atoms with van der Waals surface area (Å²) in [5.74, 6) is 0.607. The number of ether oxygens (including phenoxy) is 1. The molecule has 0 atom stereocenters. The molecule has 0 amide bonds. The van der Waals surface area contributed by atoms with Gasteiger partial charge < -0.3 is 9.26 Å². The first-order chi connectivity index (χ1) is 6.35. The molecule has 64 valence electrons. The largest absolute Gasteiger partial charge is 0.496 e. The van der Waals surface area contributed by atoms with Gasteiger partial charge in [-0.2, -0.15) is 5.26 Å². The fourth-order valence-corrected chi connectivity index (χ4v) is 1.17. The third-order valence-corrected chi connectivity index (χ3v) is 1.79. The summed E-state index contributed by atoms with van der Waals surface area (Å²) in [4.78, 5) is 0. The zero-order chi connectivity index (χ0) is 9.26. The van der Waals surface area contributed by atoms with Crippen molar-refractivity contribution < 1.29 is 9.26 Å². The van der Waals surface area contributed by atoms with Crippen molar-refractivity contribution in [2.45, 2.75) is 0 Å². The molecule has 0 aliphatic heterocycles. The second-order valence-electron chi connectivity index (χ2n) is 2.53. The molecule has 1 aromatic carbocycles. The lowest BCUT2D eigenvalue weighted by molar-refractivity contribution is 0.419. The minimum atomic E-state index is 0.501. The van der Waals surface area contributed by atoms with E-state index in [1.54, 1.807) is 25.4 Å². The van der Waals surface area contributed by atoms with E-state index in [-0.39, 0.29) is 0 Å². The molecule has 0 saturated heterocycles. The lowest BCUT2D eigenvalue weighted by Gasteiger charge is -1.99. The molecule has 0 aliphatic rings. The van der Waals surface area contributed by atoms with Gasteiger partial charge in [0.1, 0.15) is 5.75 Å². The molecule has 0 spiro atoms. The zero-order valence-corrected chi connectivity index (χ0v) is 6.94. The van der Waals surface area contributed by atoms with Gasteiger partial charge in [0, 0.05) is 6.07 Å². The van der Waals surface area contributed by atoms with E-state index in [1.807, 2.05) is 6.07 Å². The highest BCUT2D eigenvalue weighted by molar-refractivity contribution is 5.84. The number of methoxy groups -OCH3 is 1. The number of aromatic nitrogens is 1. The van der Waals surface area contributed by atoms with Crippen molar-refractivity contribution in [3.8, 4) is 11.8 Å². The van der Waals surface area contributed by atoms with E-state index < -0.39 is 0 Å². The minimum absolute atomic E-state index is 0.501. The Bertz CT molecular complexity index is 482. The molecule has 0 unspecified atom stereocenters. The molecule has 2 aromatic rings. The zero-order valence-electron chi connectivity index (χ0n) is 6.94. The van der Waals surface area contributed by atoms with E-state index in [0.29, 0.717) is 16.9 Å². The maximum atomic E-state index is 8.69. The Labute approximate surface area is 74.3 Å². The van der Waals surface area contributed by atoms with Gasteiger partial charge >= 0.3 is 0 Å². The van der Waals surface area contributed by atoms with E-state index in [0.717, 1.165) is 5.39 Å². The van der Waals surface area contributed by atoms with Crippen LogP contribution < -0.4 is 4.74 Å². The molecule has 2 rings (SSSR count). The molecule has 13 heavy (non-hydrogen) atoms. The highest BCUT2D eigenvalue weighted by Crippen LogP contribution is 2.26. The van der Waals surface area contributed by atoms with Crippen LogP contribution in [0.2, 0.25) is 0 Å². The Morgan fingerprint density at radius 3 is 3.08 bits per heavy atom. The fraction of sp³-hybridized carbons (Fsp3) is 0.111.